The van der Waals surface area contributed by atoms with Crippen LogP contribution in [0.5, 0.6) is 0 Å². The summed E-state index contributed by atoms with van der Waals surface area (Å²) in [5, 5.41) is 0. The molecule has 0 bridgehead atoms. The third kappa shape index (κ3) is 3.02. The quantitative estimate of drug-likeness (QED) is 0.425. The third-order valence-corrected chi connectivity index (χ3v) is 3.30. The van der Waals surface area contributed by atoms with Gasteiger partial charge in [-0.2, -0.15) is 0 Å². The van der Waals surface area contributed by atoms with Crippen molar-refractivity contribution in [3.8, 4) is 0 Å². The van der Waals surface area contributed by atoms with Crippen molar-refractivity contribution in [3.05, 3.63) is 47.0 Å². The summed E-state index contributed by atoms with van der Waals surface area (Å²) in [5.74, 6) is -0.0151. The largest absolute Gasteiger partial charge is 0.289 e. The highest BCUT2D eigenvalue weighted by molar-refractivity contribution is 6.23. The van der Waals surface area contributed by atoms with Gasteiger partial charge in [-0.15, -0.1) is 11.6 Å². The Balaban J connectivity index is 3.57. The predicted molar refractivity (Wildman–Crippen MR) is 78.6 cm³/mol. The van der Waals surface area contributed by atoms with Gasteiger partial charge in [0.25, 0.3) is 0 Å². The van der Waals surface area contributed by atoms with Crippen LogP contribution in [0.2, 0.25) is 0 Å². The molecule has 0 saturated carbocycles. The van der Waals surface area contributed by atoms with Crippen molar-refractivity contribution in [1.82, 2.24) is 0 Å². The van der Waals surface area contributed by atoms with Gasteiger partial charge in [-0.05, 0) is 50.0 Å². The molecular weight excluding hydrogens is 244 g/mol. The monoisotopic (exact) mass is 264 g/mol. The van der Waals surface area contributed by atoms with Gasteiger partial charge < -0.3 is 0 Å². The molecule has 0 radical (unpaired) electrons. The molecule has 0 unspecified atom stereocenters. The van der Waals surface area contributed by atoms with Crippen LogP contribution in [0, 0.1) is 6.92 Å². The Bertz CT molecular complexity index is 467. The molecule has 0 aliphatic heterocycles. The number of rotatable bonds is 5. The Labute approximate surface area is 115 Å². The van der Waals surface area contributed by atoms with Gasteiger partial charge in [-0.3, -0.25) is 4.79 Å². The van der Waals surface area contributed by atoms with E-state index in [1.807, 2.05) is 32.9 Å². The van der Waals surface area contributed by atoms with Crippen LogP contribution in [0.3, 0.4) is 0 Å². The highest BCUT2D eigenvalue weighted by Gasteiger charge is 2.24. The zero-order valence-corrected chi connectivity index (χ0v) is 12.4. The van der Waals surface area contributed by atoms with Crippen molar-refractivity contribution in [2.24, 2.45) is 0 Å². The number of benzene rings is 1. The first kappa shape index (κ1) is 15.0. The van der Waals surface area contributed by atoms with Gasteiger partial charge in [0.05, 0.1) is 4.87 Å². The van der Waals surface area contributed by atoms with Crippen LogP contribution in [0.1, 0.15) is 54.2 Å². The van der Waals surface area contributed by atoms with E-state index < -0.39 is 4.87 Å². The van der Waals surface area contributed by atoms with Crippen LogP contribution in [0.4, 0.5) is 0 Å². The number of hydrogen-bond donors (Lipinski definition) is 0. The molecule has 0 N–H and O–H groups in total. The average molecular weight is 265 g/mol. The van der Waals surface area contributed by atoms with E-state index in [0.717, 1.165) is 35.1 Å². The summed E-state index contributed by atoms with van der Waals surface area (Å²) in [7, 11) is 0. The summed E-state index contributed by atoms with van der Waals surface area (Å²) in [6.45, 7) is 11.6. The van der Waals surface area contributed by atoms with Gasteiger partial charge in [0.1, 0.15) is 0 Å². The van der Waals surface area contributed by atoms with Crippen LogP contribution in [-0.2, 0) is 11.3 Å². The van der Waals surface area contributed by atoms with E-state index in [0.29, 0.717) is 0 Å². The molecule has 0 amide bonds. The third-order valence-electron chi connectivity index (χ3n) is 3.09. The molecule has 0 aliphatic rings. The lowest BCUT2D eigenvalue weighted by molar-refractivity contribution is 0.104. The van der Waals surface area contributed by atoms with E-state index in [1.54, 1.807) is 0 Å². The smallest absolute Gasteiger partial charge is 0.185 e. The molecule has 0 spiro atoms. The van der Waals surface area contributed by atoms with Crippen molar-refractivity contribution < 1.29 is 4.79 Å². The summed E-state index contributed by atoms with van der Waals surface area (Å²) >= 11 is 6.43. The highest BCUT2D eigenvalue weighted by Crippen LogP contribution is 2.34. The van der Waals surface area contributed by atoms with Crippen molar-refractivity contribution in [1.29, 1.82) is 0 Å². The molecular formula is C16H21ClO. The topological polar surface area (TPSA) is 17.1 Å². The number of carbonyl (C=O) groups excluding carboxylic acids is 1. The van der Waals surface area contributed by atoms with Crippen LogP contribution >= 0.6 is 11.6 Å². The minimum atomic E-state index is -0.464. The Morgan fingerprint density at radius 1 is 1.44 bits per heavy atom. The molecule has 1 rings (SSSR count). The van der Waals surface area contributed by atoms with E-state index in [2.05, 4.69) is 13.5 Å². The first-order valence-corrected chi connectivity index (χ1v) is 6.69. The number of carbonyl (C=O) groups is 1. The fourth-order valence-electron chi connectivity index (χ4n) is 2.28. The lowest BCUT2D eigenvalue weighted by Crippen LogP contribution is -2.15. The Hall–Kier alpha value is -1.08. The van der Waals surface area contributed by atoms with Crippen molar-refractivity contribution in [2.45, 2.75) is 45.4 Å². The number of alkyl halides is 1. The molecule has 18 heavy (non-hydrogen) atoms. The average Bonchev–Trinajstić information content (AvgIpc) is 2.27. The molecule has 98 valence electrons. The fourth-order valence-corrected chi connectivity index (χ4v) is 2.45. The minimum Gasteiger partial charge on any atom is -0.289 e. The lowest BCUT2D eigenvalue weighted by atomic mass is 9.86. The van der Waals surface area contributed by atoms with Gasteiger partial charge in [-0.1, -0.05) is 32.1 Å². The zero-order chi connectivity index (χ0) is 13.9. The van der Waals surface area contributed by atoms with Gasteiger partial charge in [0.2, 0.25) is 0 Å². The van der Waals surface area contributed by atoms with Gasteiger partial charge in [0.15, 0.2) is 5.78 Å². The molecule has 0 saturated heterocycles. The van der Waals surface area contributed by atoms with Crippen LogP contribution in [0.15, 0.2) is 24.8 Å². The van der Waals surface area contributed by atoms with Crippen molar-refractivity contribution in [3.63, 3.8) is 0 Å². The van der Waals surface area contributed by atoms with Gasteiger partial charge in [0, 0.05) is 5.56 Å². The fraction of sp³-hybridized carbons (Fsp3) is 0.438. The van der Waals surface area contributed by atoms with E-state index >= 15 is 0 Å². The van der Waals surface area contributed by atoms with Crippen LogP contribution in [-0.4, -0.2) is 5.78 Å². The minimum absolute atomic E-state index is 0.0151. The first-order valence-electron chi connectivity index (χ1n) is 6.31. The first-order chi connectivity index (χ1) is 8.32. The molecule has 1 aromatic carbocycles. The second-order valence-corrected chi connectivity index (χ2v) is 6.02. The van der Waals surface area contributed by atoms with Crippen molar-refractivity contribution in [2.75, 3.05) is 0 Å². The number of hydrogen-bond acceptors (Lipinski definition) is 1. The zero-order valence-electron chi connectivity index (χ0n) is 11.6. The van der Waals surface area contributed by atoms with Crippen molar-refractivity contribution >= 4 is 17.4 Å². The molecule has 2 heteroatoms. The van der Waals surface area contributed by atoms with E-state index in [-0.39, 0.29) is 5.78 Å². The Morgan fingerprint density at radius 2 is 2.06 bits per heavy atom. The highest BCUT2D eigenvalue weighted by atomic mass is 35.5. The maximum absolute atomic E-state index is 12.0. The summed E-state index contributed by atoms with van der Waals surface area (Å²) in [6.07, 6.45) is 3.23. The van der Waals surface area contributed by atoms with E-state index in [1.165, 1.54) is 6.08 Å². The number of aryl methyl sites for hydroxylation is 1. The maximum atomic E-state index is 12.0. The molecule has 1 aromatic rings. The summed E-state index contributed by atoms with van der Waals surface area (Å²) in [6, 6.07) is 4.00. The molecule has 0 heterocycles. The second kappa shape index (κ2) is 5.71. The Morgan fingerprint density at radius 3 is 2.50 bits per heavy atom. The Kier molecular flexibility index (Phi) is 4.75. The molecule has 0 fully saturated rings. The summed E-state index contributed by atoms with van der Waals surface area (Å²) < 4.78 is 0. The molecule has 1 nitrogen and oxygen atoms in total. The standard InChI is InChI=1S/C16H21ClO/c1-6-8-12-13(16(4,5)17)10-9-11(3)15(12)14(18)7-2/h7,9-10H,2,6,8H2,1,3-5H3. The number of ketones is 1. The summed E-state index contributed by atoms with van der Waals surface area (Å²) in [4.78, 5) is 11.6. The molecule has 0 aliphatic carbocycles. The van der Waals surface area contributed by atoms with Crippen LogP contribution < -0.4 is 0 Å². The molecule has 0 aromatic heterocycles. The SMILES string of the molecule is C=CC(=O)c1c(C)ccc(C(C)(C)Cl)c1CCC. The second-order valence-electron chi connectivity index (χ2n) is 5.07. The van der Waals surface area contributed by atoms with Gasteiger partial charge in [-0.25, -0.2) is 0 Å². The van der Waals surface area contributed by atoms with E-state index in [9.17, 15) is 4.79 Å². The normalized spacial score (nSPS) is 11.4. The molecule has 0 atom stereocenters. The van der Waals surface area contributed by atoms with Gasteiger partial charge >= 0.3 is 0 Å². The lowest BCUT2D eigenvalue weighted by Gasteiger charge is -2.23. The van der Waals surface area contributed by atoms with E-state index in [4.69, 9.17) is 11.6 Å². The number of halogens is 1. The summed E-state index contributed by atoms with van der Waals surface area (Å²) in [5.41, 5.74) is 3.88. The predicted octanol–water partition coefficient (Wildman–Crippen LogP) is 4.79. The van der Waals surface area contributed by atoms with Crippen LogP contribution in [0.25, 0.3) is 0 Å². The number of allylic oxidation sites excluding steroid dienone is 1. The maximum Gasteiger partial charge on any atom is 0.185 e.